The van der Waals surface area contributed by atoms with Crippen LogP contribution in [-0.2, 0) is 11.2 Å². The summed E-state index contributed by atoms with van der Waals surface area (Å²) in [6.45, 7) is 2.05. The molecule has 1 heterocycles. The van der Waals surface area contributed by atoms with Gasteiger partial charge in [-0.3, -0.25) is 4.79 Å². The van der Waals surface area contributed by atoms with Crippen molar-refractivity contribution in [2.75, 3.05) is 9.74 Å². The molecule has 0 spiro atoms. The number of carbonyl (C=O) groups is 1. The van der Waals surface area contributed by atoms with E-state index < -0.39 is 0 Å². The third kappa shape index (κ3) is 3.34. The van der Waals surface area contributed by atoms with Gasteiger partial charge in [0.25, 0.3) is 0 Å². The molecule has 0 unspecified atom stereocenters. The van der Waals surface area contributed by atoms with E-state index >= 15 is 0 Å². The van der Waals surface area contributed by atoms with E-state index in [9.17, 15) is 4.79 Å². The van der Waals surface area contributed by atoms with Gasteiger partial charge >= 0.3 is 0 Å². The molecule has 0 aliphatic rings. The zero-order valence-corrected chi connectivity index (χ0v) is 12.0. The Morgan fingerprint density at radius 3 is 2.86 bits per heavy atom. The molecule has 0 bridgehead atoms. The Bertz CT molecular complexity index is 342. The number of amides is 1. The number of hydrogen-bond acceptors (Lipinski definition) is 2. The van der Waals surface area contributed by atoms with Crippen molar-refractivity contribution in [2.45, 2.75) is 13.3 Å². The number of rotatable bonds is 3. The molecule has 3 nitrogen and oxygen atoms in total. The van der Waals surface area contributed by atoms with Gasteiger partial charge in [0.05, 0.1) is 10.1 Å². The van der Waals surface area contributed by atoms with E-state index in [1.807, 2.05) is 34.7 Å². The summed E-state index contributed by atoms with van der Waals surface area (Å²) in [5, 5.41) is 2.73. The smallest absolute Gasteiger partial charge is 0.235 e. The molecule has 0 saturated heterocycles. The van der Waals surface area contributed by atoms with E-state index in [0.29, 0.717) is 10.2 Å². The second-order valence-corrected chi connectivity index (χ2v) is 4.59. The number of hydrogen-bond donors (Lipinski definition) is 1. The molecule has 0 aliphatic heterocycles. The fraction of sp³-hybridized carbons (Fsp3) is 0.333. The molecule has 0 atom stereocenters. The molecule has 1 rings (SSSR count). The number of pyridine rings is 1. The number of aryl methyl sites for hydroxylation is 1. The molecule has 1 aromatic rings. The number of aromatic nitrogens is 1. The number of nitrogens with zero attached hydrogens (tertiary/aromatic N) is 1. The highest BCUT2D eigenvalue weighted by atomic mass is 127. The molecule has 0 fully saturated rings. The lowest BCUT2D eigenvalue weighted by Gasteiger charge is -2.05. The van der Waals surface area contributed by atoms with Crippen LogP contribution in [0.2, 0.25) is 0 Å². The Balaban J connectivity index is 2.84. The number of anilines is 1. The molecule has 76 valence electrons. The molecule has 1 N–H and O–H groups in total. The minimum Gasteiger partial charge on any atom is -0.310 e. The predicted molar refractivity (Wildman–Crippen MR) is 73.8 cm³/mol. The van der Waals surface area contributed by atoms with Gasteiger partial charge in [-0.15, -0.1) is 0 Å². The van der Waals surface area contributed by atoms with Crippen LogP contribution >= 0.6 is 45.2 Å². The molecular weight excluding hydrogens is 406 g/mol. The second-order valence-electron chi connectivity index (χ2n) is 2.66. The highest BCUT2D eigenvalue weighted by molar-refractivity contribution is 14.1. The van der Waals surface area contributed by atoms with Crippen molar-refractivity contribution in [1.29, 1.82) is 0 Å². The molecule has 1 amide bonds. The van der Waals surface area contributed by atoms with Crippen LogP contribution in [0, 0.1) is 3.57 Å². The first-order chi connectivity index (χ1) is 6.67. The van der Waals surface area contributed by atoms with E-state index in [-0.39, 0.29) is 5.91 Å². The van der Waals surface area contributed by atoms with Crippen LogP contribution in [0.1, 0.15) is 12.6 Å². The van der Waals surface area contributed by atoms with Crippen LogP contribution in [0.4, 0.5) is 5.82 Å². The van der Waals surface area contributed by atoms with Crippen LogP contribution in [0.3, 0.4) is 0 Å². The minimum atomic E-state index is -0.0126. The largest absolute Gasteiger partial charge is 0.310 e. The van der Waals surface area contributed by atoms with Gasteiger partial charge in [0.2, 0.25) is 5.91 Å². The lowest BCUT2D eigenvalue weighted by Crippen LogP contribution is -2.14. The quantitative estimate of drug-likeness (QED) is 0.609. The molecule has 14 heavy (non-hydrogen) atoms. The third-order valence-corrected chi connectivity index (χ3v) is 3.32. The summed E-state index contributed by atoms with van der Waals surface area (Å²) in [6, 6.07) is 3.79. The summed E-state index contributed by atoms with van der Waals surface area (Å²) in [5.74, 6) is 0.630. The highest BCUT2D eigenvalue weighted by Crippen LogP contribution is 2.14. The van der Waals surface area contributed by atoms with Crippen molar-refractivity contribution < 1.29 is 4.79 Å². The van der Waals surface area contributed by atoms with Crippen LogP contribution in [0.25, 0.3) is 0 Å². The van der Waals surface area contributed by atoms with Crippen LogP contribution in [0.15, 0.2) is 12.1 Å². The number of halogens is 2. The van der Waals surface area contributed by atoms with E-state index in [0.717, 1.165) is 15.7 Å². The maximum Gasteiger partial charge on any atom is 0.235 e. The van der Waals surface area contributed by atoms with Crippen molar-refractivity contribution in [2.24, 2.45) is 0 Å². The zero-order chi connectivity index (χ0) is 10.6. The maximum atomic E-state index is 11.1. The molecule has 1 aromatic heterocycles. The number of carbonyl (C=O) groups excluding carboxylic acids is 1. The summed E-state index contributed by atoms with van der Waals surface area (Å²) in [7, 11) is 0. The summed E-state index contributed by atoms with van der Waals surface area (Å²) in [6.07, 6.45) is 0.881. The summed E-state index contributed by atoms with van der Waals surface area (Å²) in [5.41, 5.74) is 1.02. The third-order valence-electron chi connectivity index (χ3n) is 1.64. The lowest BCUT2D eigenvalue weighted by molar-refractivity contribution is -0.113. The van der Waals surface area contributed by atoms with Crippen molar-refractivity contribution in [1.82, 2.24) is 4.98 Å². The van der Waals surface area contributed by atoms with Crippen LogP contribution in [0.5, 0.6) is 0 Å². The number of alkyl halides is 1. The Morgan fingerprint density at radius 1 is 1.57 bits per heavy atom. The highest BCUT2D eigenvalue weighted by Gasteiger charge is 2.04. The molecule has 5 heteroatoms. The van der Waals surface area contributed by atoms with Gasteiger partial charge in [-0.05, 0) is 41.1 Å². The first kappa shape index (κ1) is 12.2. The van der Waals surface area contributed by atoms with Crippen molar-refractivity contribution in [3.63, 3.8) is 0 Å². The van der Waals surface area contributed by atoms with Crippen LogP contribution in [-0.4, -0.2) is 15.3 Å². The van der Waals surface area contributed by atoms with Gasteiger partial charge < -0.3 is 5.32 Å². The zero-order valence-electron chi connectivity index (χ0n) is 7.68. The average molecular weight is 416 g/mol. The normalized spacial score (nSPS) is 9.93. The topological polar surface area (TPSA) is 42.0 Å². The maximum absolute atomic E-state index is 11.1. The average Bonchev–Trinajstić information content (AvgIpc) is 2.20. The monoisotopic (exact) mass is 416 g/mol. The van der Waals surface area contributed by atoms with Crippen molar-refractivity contribution in [3.05, 3.63) is 21.4 Å². The first-order valence-electron chi connectivity index (χ1n) is 4.18. The van der Waals surface area contributed by atoms with E-state index in [4.69, 9.17) is 0 Å². The van der Waals surface area contributed by atoms with Gasteiger partial charge in [-0.2, -0.15) is 0 Å². The Kier molecular flexibility index (Phi) is 5.07. The summed E-state index contributed by atoms with van der Waals surface area (Å²) < 4.78 is 1.59. The standard InChI is InChI=1S/C9H10I2N2O/c1-2-7-6(11)3-4-8(12-7)13-9(14)5-10/h3-4H,2,5H2,1H3,(H,12,13,14). The minimum absolute atomic E-state index is 0.0126. The fourth-order valence-electron chi connectivity index (χ4n) is 0.978. The van der Waals surface area contributed by atoms with Gasteiger partial charge in [0.15, 0.2) is 0 Å². The van der Waals surface area contributed by atoms with E-state index in [2.05, 4.69) is 39.8 Å². The second kappa shape index (κ2) is 5.84. The van der Waals surface area contributed by atoms with Gasteiger partial charge in [-0.1, -0.05) is 29.5 Å². The summed E-state index contributed by atoms with van der Waals surface area (Å²) in [4.78, 5) is 15.4. The Labute approximate surface area is 110 Å². The fourth-order valence-corrected chi connectivity index (χ4v) is 1.85. The lowest BCUT2D eigenvalue weighted by atomic mass is 10.3. The SMILES string of the molecule is CCc1nc(NC(=O)CI)ccc1I. The van der Waals surface area contributed by atoms with Crippen molar-refractivity contribution >= 4 is 56.9 Å². The van der Waals surface area contributed by atoms with Gasteiger partial charge in [-0.25, -0.2) is 4.98 Å². The number of nitrogens with one attached hydrogen (secondary N) is 1. The molecule has 0 saturated carbocycles. The van der Waals surface area contributed by atoms with Gasteiger partial charge in [0, 0.05) is 3.57 Å². The van der Waals surface area contributed by atoms with Crippen molar-refractivity contribution in [3.8, 4) is 0 Å². The van der Waals surface area contributed by atoms with Gasteiger partial charge in [0.1, 0.15) is 5.82 Å². The molecule has 0 radical (unpaired) electrons. The first-order valence-corrected chi connectivity index (χ1v) is 6.79. The molecule has 0 aliphatic carbocycles. The Morgan fingerprint density at radius 2 is 2.29 bits per heavy atom. The molecular formula is C9H10I2N2O. The van der Waals surface area contributed by atoms with E-state index in [1.54, 1.807) is 0 Å². The Hall–Kier alpha value is 0.0800. The predicted octanol–water partition coefficient (Wildman–Crippen LogP) is 2.62. The van der Waals surface area contributed by atoms with Crippen LogP contribution < -0.4 is 5.32 Å². The molecule has 0 aromatic carbocycles. The summed E-state index contributed by atoms with van der Waals surface area (Å²) >= 11 is 4.27. The van der Waals surface area contributed by atoms with E-state index in [1.165, 1.54) is 0 Å².